The van der Waals surface area contributed by atoms with Gasteiger partial charge in [-0.3, -0.25) is 0 Å². The highest BCUT2D eigenvalue weighted by Gasteiger charge is 2.22. The SMILES string of the molecule is C=COC1CC(C(=C)C)CC=C1C. The molecule has 2 unspecified atom stereocenters. The molecule has 2 atom stereocenters. The van der Waals surface area contributed by atoms with Crippen molar-refractivity contribution in [3.8, 4) is 0 Å². The first kappa shape index (κ1) is 10.1. The second-order valence-electron chi connectivity index (χ2n) is 3.75. The van der Waals surface area contributed by atoms with Gasteiger partial charge in [0.25, 0.3) is 0 Å². The Morgan fingerprint density at radius 1 is 1.69 bits per heavy atom. The zero-order valence-electron chi connectivity index (χ0n) is 8.55. The van der Waals surface area contributed by atoms with Crippen LogP contribution in [0.25, 0.3) is 0 Å². The highest BCUT2D eigenvalue weighted by Crippen LogP contribution is 2.30. The summed E-state index contributed by atoms with van der Waals surface area (Å²) in [4.78, 5) is 0. The lowest BCUT2D eigenvalue weighted by atomic mass is 9.84. The van der Waals surface area contributed by atoms with Crippen molar-refractivity contribution < 1.29 is 4.74 Å². The van der Waals surface area contributed by atoms with E-state index in [1.807, 2.05) is 0 Å². The third-order valence-electron chi connectivity index (χ3n) is 2.69. The van der Waals surface area contributed by atoms with E-state index < -0.39 is 0 Å². The molecule has 0 radical (unpaired) electrons. The maximum Gasteiger partial charge on any atom is 0.119 e. The maximum absolute atomic E-state index is 5.43. The molecule has 0 aromatic heterocycles. The molecule has 0 bridgehead atoms. The minimum atomic E-state index is 0.216. The molecular weight excluding hydrogens is 160 g/mol. The Bertz CT molecular complexity index is 238. The zero-order chi connectivity index (χ0) is 9.84. The molecule has 0 spiro atoms. The van der Waals surface area contributed by atoms with Crippen molar-refractivity contribution in [3.63, 3.8) is 0 Å². The Labute approximate surface area is 80.8 Å². The second-order valence-corrected chi connectivity index (χ2v) is 3.75. The molecule has 0 fully saturated rings. The molecule has 0 amide bonds. The predicted octanol–water partition coefficient (Wildman–Crippen LogP) is 3.45. The first-order chi connectivity index (χ1) is 6.15. The van der Waals surface area contributed by atoms with Crippen LogP contribution in [0.3, 0.4) is 0 Å². The van der Waals surface area contributed by atoms with Crippen molar-refractivity contribution in [2.45, 2.75) is 32.8 Å². The molecular formula is C12H18O. The zero-order valence-corrected chi connectivity index (χ0v) is 8.55. The van der Waals surface area contributed by atoms with Crippen molar-refractivity contribution in [2.24, 2.45) is 5.92 Å². The Kier molecular flexibility index (Phi) is 3.35. The summed E-state index contributed by atoms with van der Waals surface area (Å²) in [5, 5.41) is 0. The van der Waals surface area contributed by atoms with Crippen molar-refractivity contribution in [2.75, 3.05) is 0 Å². The first-order valence-corrected chi connectivity index (χ1v) is 4.73. The molecule has 72 valence electrons. The van der Waals surface area contributed by atoms with Gasteiger partial charge >= 0.3 is 0 Å². The molecule has 0 aromatic carbocycles. The lowest BCUT2D eigenvalue weighted by Gasteiger charge is -2.28. The summed E-state index contributed by atoms with van der Waals surface area (Å²) in [6.45, 7) is 11.8. The average Bonchev–Trinajstić information content (AvgIpc) is 2.08. The predicted molar refractivity (Wildman–Crippen MR) is 56.4 cm³/mol. The van der Waals surface area contributed by atoms with E-state index in [-0.39, 0.29) is 6.10 Å². The summed E-state index contributed by atoms with van der Waals surface area (Å²) >= 11 is 0. The van der Waals surface area contributed by atoms with Crippen LogP contribution in [0.5, 0.6) is 0 Å². The van der Waals surface area contributed by atoms with Crippen LogP contribution in [0.2, 0.25) is 0 Å². The Morgan fingerprint density at radius 3 is 2.92 bits per heavy atom. The fourth-order valence-corrected chi connectivity index (χ4v) is 1.68. The van der Waals surface area contributed by atoms with Crippen LogP contribution in [0.15, 0.2) is 36.6 Å². The molecule has 0 N–H and O–H groups in total. The van der Waals surface area contributed by atoms with Crippen LogP contribution in [-0.4, -0.2) is 6.10 Å². The van der Waals surface area contributed by atoms with Gasteiger partial charge < -0.3 is 4.74 Å². The summed E-state index contributed by atoms with van der Waals surface area (Å²) in [6, 6.07) is 0. The van der Waals surface area contributed by atoms with Crippen molar-refractivity contribution in [1.29, 1.82) is 0 Å². The van der Waals surface area contributed by atoms with Gasteiger partial charge in [-0.2, -0.15) is 0 Å². The van der Waals surface area contributed by atoms with Gasteiger partial charge in [0.2, 0.25) is 0 Å². The highest BCUT2D eigenvalue weighted by molar-refractivity contribution is 5.15. The maximum atomic E-state index is 5.43. The molecule has 0 heterocycles. The fourth-order valence-electron chi connectivity index (χ4n) is 1.68. The van der Waals surface area contributed by atoms with E-state index in [0.717, 1.165) is 12.8 Å². The molecule has 0 saturated carbocycles. The Morgan fingerprint density at radius 2 is 2.38 bits per heavy atom. The molecule has 1 heteroatoms. The minimum absolute atomic E-state index is 0.216. The summed E-state index contributed by atoms with van der Waals surface area (Å²) in [5.74, 6) is 0.577. The van der Waals surface area contributed by atoms with Gasteiger partial charge in [-0.05, 0) is 38.2 Å². The van der Waals surface area contributed by atoms with E-state index in [2.05, 4.69) is 33.1 Å². The van der Waals surface area contributed by atoms with Crippen LogP contribution in [0, 0.1) is 5.92 Å². The largest absolute Gasteiger partial charge is 0.494 e. The van der Waals surface area contributed by atoms with Crippen LogP contribution in [0.4, 0.5) is 0 Å². The van der Waals surface area contributed by atoms with Gasteiger partial charge in [0.05, 0.1) is 6.26 Å². The fraction of sp³-hybridized carbons (Fsp3) is 0.500. The van der Waals surface area contributed by atoms with Crippen molar-refractivity contribution in [1.82, 2.24) is 0 Å². The van der Waals surface area contributed by atoms with Gasteiger partial charge in [0.1, 0.15) is 6.10 Å². The van der Waals surface area contributed by atoms with Gasteiger partial charge in [-0.1, -0.05) is 24.8 Å². The summed E-state index contributed by atoms with van der Waals surface area (Å²) in [7, 11) is 0. The number of hydrogen-bond acceptors (Lipinski definition) is 1. The van der Waals surface area contributed by atoms with Crippen LogP contribution >= 0.6 is 0 Å². The molecule has 13 heavy (non-hydrogen) atoms. The number of ether oxygens (including phenoxy) is 1. The average molecular weight is 178 g/mol. The molecule has 1 aliphatic rings. The lowest BCUT2D eigenvalue weighted by molar-refractivity contribution is 0.147. The number of rotatable bonds is 3. The first-order valence-electron chi connectivity index (χ1n) is 4.73. The Hall–Kier alpha value is -0.980. The minimum Gasteiger partial charge on any atom is -0.494 e. The smallest absolute Gasteiger partial charge is 0.119 e. The second kappa shape index (κ2) is 4.31. The van der Waals surface area contributed by atoms with E-state index in [0.29, 0.717) is 5.92 Å². The molecule has 0 saturated heterocycles. The molecule has 1 nitrogen and oxygen atoms in total. The molecule has 0 aromatic rings. The topological polar surface area (TPSA) is 9.23 Å². The van der Waals surface area contributed by atoms with Crippen LogP contribution in [-0.2, 0) is 4.74 Å². The van der Waals surface area contributed by atoms with Gasteiger partial charge in [-0.15, -0.1) is 0 Å². The normalized spacial score (nSPS) is 27.7. The summed E-state index contributed by atoms with van der Waals surface area (Å²) in [6.07, 6.45) is 6.15. The van der Waals surface area contributed by atoms with E-state index in [1.54, 1.807) is 0 Å². The standard InChI is InChI=1S/C12H18O/c1-5-13-12-8-11(9(2)3)7-6-10(12)4/h5-6,11-12H,1-2,7-8H2,3-4H3. The summed E-state index contributed by atoms with van der Waals surface area (Å²) < 4.78 is 5.43. The van der Waals surface area contributed by atoms with E-state index in [1.165, 1.54) is 17.4 Å². The number of allylic oxidation sites excluding steroid dienone is 2. The van der Waals surface area contributed by atoms with Crippen molar-refractivity contribution >= 4 is 0 Å². The van der Waals surface area contributed by atoms with E-state index >= 15 is 0 Å². The van der Waals surface area contributed by atoms with Crippen molar-refractivity contribution in [3.05, 3.63) is 36.6 Å². The van der Waals surface area contributed by atoms with Crippen LogP contribution < -0.4 is 0 Å². The Balaban J connectivity index is 2.65. The highest BCUT2D eigenvalue weighted by atomic mass is 16.5. The van der Waals surface area contributed by atoms with Gasteiger partial charge in [0.15, 0.2) is 0 Å². The molecule has 1 aliphatic carbocycles. The summed E-state index contributed by atoms with van der Waals surface area (Å²) in [5.41, 5.74) is 2.57. The monoisotopic (exact) mass is 178 g/mol. The quantitative estimate of drug-likeness (QED) is 0.475. The lowest BCUT2D eigenvalue weighted by Crippen LogP contribution is -2.21. The van der Waals surface area contributed by atoms with Gasteiger partial charge in [0, 0.05) is 0 Å². The van der Waals surface area contributed by atoms with E-state index in [4.69, 9.17) is 4.74 Å². The number of hydrogen-bond donors (Lipinski definition) is 0. The van der Waals surface area contributed by atoms with Crippen LogP contribution in [0.1, 0.15) is 26.7 Å². The molecule has 0 aliphatic heterocycles. The van der Waals surface area contributed by atoms with E-state index in [9.17, 15) is 0 Å². The third kappa shape index (κ3) is 2.48. The molecule has 1 rings (SSSR count). The van der Waals surface area contributed by atoms with Gasteiger partial charge in [-0.25, -0.2) is 0 Å². The third-order valence-corrected chi connectivity index (χ3v) is 2.69.